The van der Waals surface area contributed by atoms with E-state index in [0.29, 0.717) is 43.2 Å². The Balaban J connectivity index is 1.74. The standard InChI is InChI=1S/C30H44N4O3S/c1-19(2)22-11-12-25-27(15-22)38-29(32-25)17-23(16-28(36)31-4)30(37)33-24(21-9-7-8-10-21)13-14-26(35)20(3)18-34(5)6/h11-12,15,19,21,23-24H,3,7-10,13-14,16-18H2,1-2,4-6H3,(H,31,36)(H,33,37)/t23-,24+/m0/s1. The lowest BCUT2D eigenvalue weighted by atomic mass is 9.91. The van der Waals surface area contributed by atoms with Crippen LogP contribution in [0, 0.1) is 11.8 Å². The van der Waals surface area contributed by atoms with Crippen LogP contribution >= 0.6 is 11.3 Å². The Kier molecular flexibility index (Phi) is 11.0. The molecular weight excluding hydrogens is 496 g/mol. The van der Waals surface area contributed by atoms with Gasteiger partial charge in [-0.05, 0) is 62.9 Å². The molecule has 0 saturated heterocycles. The molecule has 1 aromatic carbocycles. The maximum Gasteiger partial charge on any atom is 0.224 e. The molecule has 0 radical (unpaired) electrons. The zero-order valence-corrected chi connectivity index (χ0v) is 24.5. The van der Waals surface area contributed by atoms with Crippen molar-refractivity contribution in [3.8, 4) is 0 Å². The first kappa shape index (κ1) is 30.0. The van der Waals surface area contributed by atoms with Crippen molar-refractivity contribution < 1.29 is 14.4 Å². The molecule has 1 aromatic heterocycles. The number of aromatic nitrogens is 1. The summed E-state index contributed by atoms with van der Waals surface area (Å²) in [5, 5.41) is 6.79. The number of hydrogen-bond donors (Lipinski definition) is 2. The van der Waals surface area contributed by atoms with E-state index in [1.54, 1.807) is 18.4 Å². The number of Topliss-reactive ketones (excluding diaryl/α,β-unsaturated/α-hetero) is 1. The van der Waals surface area contributed by atoms with Crippen molar-refractivity contribution in [2.45, 2.75) is 77.2 Å². The first-order chi connectivity index (χ1) is 18.1. The van der Waals surface area contributed by atoms with Gasteiger partial charge >= 0.3 is 0 Å². The molecule has 2 atom stereocenters. The summed E-state index contributed by atoms with van der Waals surface area (Å²) in [6.07, 6.45) is 5.85. The molecule has 0 aliphatic heterocycles. The Morgan fingerprint density at radius 2 is 1.89 bits per heavy atom. The lowest BCUT2D eigenvalue weighted by Gasteiger charge is -2.27. The van der Waals surface area contributed by atoms with Gasteiger partial charge in [0.1, 0.15) is 0 Å². The van der Waals surface area contributed by atoms with Crippen LogP contribution in [0.2, 0.25) is 0 Å². The van der Waals surface area contributed by atoms with Crippen LogP contribution in [0.4, 0.5) is 0 Å². The van der Waals surface area contributed by atoms with Gasteiger partial charge in [0.05, 0.1) is 21.1 Å². The summed E-state index contributed by atoms with van der Waals surface area (Å²) in [6, 6.07) is 6.23. The van der Waals surface area contributed by atoms with E-state index < -0.39 is 5.92 Å². The quantitative estimate of drug-likeness (QED) is 0.334. The second-order valence-electron chi connectivity index (χ2n) is 11.2. The molecule has 1 heterocycles. The van der Waals surface area contributed by atoms with Crippen LogP contribution in [0.3, 0.4) is 0 Å². The van der Waals surface area contributed by atoms with Gasteiger partial charge in [-0.2, -0.15) is 0 Å². The van der Waals surface area contributed by atoms with Crippen molar-refractivity contribution in [1.82, 2.24) is 20.5 Å². The number of nitrogens with zero attached hydrogens (tertiary/aromatic N) is 2. The zero-order chi connectivity index (χ0) is 27.8. The van der Waals surface area contributed by atoms with Crippen molar-refractivity contribution in [2.75, 3.05) is 27.7 Å². The predicted octanol–water partition coefficient (Wildman–Crippen LogP) is 4.86. The summed E-state index contributed by atoms with van der Waals surface area (Å²) in [5.41, 5.74) is 2.78. The van der Waals surface area contributed by atoms with Gasteiger partial charge in [0.25, 0.3) is 0 Å². The molecule has 0 bridgehead atoms. The van der Waals surface area contributed by atoms with E-state index >= 15 is 0 Å². The van der Waals surface area contributed by atoms with E-state index in [9.17, 15) is 14.4 Å². The van der Waals surface area contributed by atoms with Gasteiger partial charge in [-0.15, -0.1) is 11.3 Å². The van der Waals surface area contributed by atoms with Crippen LogP contribution in [-0.4, -0.2) is 61.2 Å². The highest BCUT2D eigenvalue weighted by Gasteiger charge is 2.31. The van der Waals surface area contributed by atoms with Gasteiger partial charge in [0.15, 0.2) is 5.78 Å². The molecule has 2 amide bonds. The van der Waals surface area contributed by atoms with Crippen molar-refractivity contribution >= 4 is 39.2 Å². The smallest absolute Gasteiger partial charge is 0.224 e. The molecule has 38 heavy (non-hydrogen) atoms. The lowest BCUT2D eigenvalue weighted by Crippen LogP contribution is -2.44. The van der Waals surface area contributed by atoms with Gasteiger partial charge in [-0.25, -0.2) is 4.98 Å². The van der Waals surface area contributed by atoms with Gasteiger partial charge in [0.2, 0.25) is 11.8 Å². The van der Waals surface area contributed by atoms with Crippen molar-refractivity contribution in [3.05, 3.63) is 40.9 Å². The number of benzene rings is 1. The highest BCUT2D eigenvalue weighted by molar-refractivity contribution is 7.18. The van der Waals surface area contributed by atoms with Crippen molar-refractivity contribution in [2.24, 2.45) is 11.8 Å². The molecule has 1 aliphatic rings. The van der Waals surface area contributed by atoms with E-state index in [1.807, 2.05) is 25.1 Å². The molecule has 1 aliphatic carbocycles. The van der Waals surface area contributed by atoms with E-state index in [4.69, 9.17) is 4.98 Å². The van der Waals surface area contributed by atoms with Crippen LogP contribution in [0.5, 0.6) is 0 Å². The van der Waals surface area contributed by atoms with E-state index in [2.05, 4.69) is 43.2 Å². The molecule has 0 spiro atoms. The minimum atomic E-state index is -0.525. The summed E-state index contributed by atoms with van der Waals surface area (Å²) in [4.78, 5) is 45.4. The molecule has 3 rings (SSSR count). The third-order valence-electron chi connectivity index (χ3n) is 7.51. The molecule has 0 unspecified atom stereocenters. The van der Waals surface area contributed by atoms with E-state index in [-0.39, 0.29) is 30.1 Å². The predicted molar refractivity (Wildman–Crippen MR) is 155 cm³/mol. The molecule has 2 aromatic rings. The van der Waals surface area contributed by atoms with E-state index in [1.165, 1.54) is 5.56 Å². The Morgan fingerprint density at radius 3 is 2.53 bits per heavy atom. The third-order valence-corrected chi connectivity index (χ3v) is 8.55. The van der Waals surface area contributed by atoms with Crippen molar-refractivity contribution in [1.29, 1.82) is 0 Å². The van der Waals surface area contributed by atoms with Crippen molar-refractivity contribution in [3.63, 3.8) is 0 Å². The lowest BCUT2D eigenvalue weighted by molar-refractivity contribution is -0.131. The monoisotopic (exact) mass is 540 g/mol. The maximum atomic E-state index is 13.6. The average molecular weight is 541 g/mol. The van der Waals surface area contributed by atoms with Gasteiger partial charge in [-0.1, -0.05) is 39.3 Å². The van der Waals surface area contributed by atoms with Crippen LogP contribution in [0.25, 0.3) is 10.2 Å². The van der Waals surface area contributed by atoms with Crippen LogP contribution in [0.15, 0.2) is 30.4 Å². The number of nitrogens with one attached hydrogen (secondary N) is 2. The normalized spacial score (nSPS) is 15.7. The molecule has 208 valence electrons. The highest BCUT2D eigenvalue weighted by atomic mass is 32.1. The Morgan fingerprint density at radius 1 is 1.18 bits per heavy atom. The summed E-state index contributed by atoms with van der Waals surface area (Å²) in [7, 11) is 5.43. The number of thiazole rings is 1. The van der Waals surface area contributed by atoms with Gasteiger partial charge in [0, 0.05) is 44.5 Å². The van der Waals surface area contributed by atoms with E-state index in [0.717, 1.165) is 40.9 Å². The summed E-state index contributed by atoms with van der Waals surface area (Å²) in [6.45, 7) is 8.82. The average Bonchev–Trinajstić information content (AvgIpc) is 3.54. The highest BCUT2D eigenvalue weighted by Crippen LogP contribution is 2.31. The minimum absolute atomic E-state index is 0.0492. The molecule has 2 N–H and O–H groups in total. The number of carbonyl (C=O) groups is 3. The molecular formula is C30H44N4O3S. The first-order valence-electron chi connectivity index (χ1n) is 13.8. The largest absolute Gasteiger partial charge is 0.359 e. The molecule has 7 nitrogen and oxygen atoms in total. The van der Waals surface area contributed by atoms with Gasteiger partial charge < -0.3 is 15.5 Å². The number of amides is 2. The third kappa shape index (κ3) is 8.46. The van der Waals surface area contributed by atoms with Gasteiger partial charge in [-0.3, -0.25) is 14.4 Å². The zero-order valence-electron chi connectivity index (χ0n) is 23.6. The van der Waals surface area contributed by atoms with Crippen LogP contribution < -0.4 is 10.6 Å². The summed E-state index contributed by atoms with van der Waals surface area (Å²) in [5.74, 6) is 0.00668. The fourth-order valence-electron chi connectivity index (χ4n) is 5.25. The number of ketones is 1. The first-order valence-corrected chi connectivity index (χ1v) is 14.6. The number of fused-ring (bicyclic) bond motifs is 1. The fourth-order valence-corrected chi connectivity index (χ4v) is 6.34. The molecule has 8 heteroatoms. The maximum absolute atomic E-state index is 13.6. The topological polar surface area (TPSA) is 91.4 Å². The number of likely N-dealkylation sites (N-methyl/N-ethyl adjacent to an activating group) is 1. The second-order valence-corrected chi connectivity index (χ2v) is 12.3. The number of rotatable bonds is 14. The summed E-state index contributed by atoms with van der Waals surface area (Å²) < 4.78 is 1.10. The Hall–Kier alpha value is -2.58. The fraction of sp³-hybridized carbons (Fsp3) is 0.600. The Labute approximate surface area is 231 Å². The number of carbonyl (C=O) groups excluding carboxylic acids is 3. The summed E-state index contributed by atoms with van der Waals surface area (Å²) >= 11 is 1.59. The number of hydrogen-bond acceptors (Lipinski definition) is 6. The SMILES string of the molecule is C=C(CN(C)C)C(=O)CC[C@@H](NC(=O)[C@@H](CC(=O)NC)Cc1nc2ccc(C(C)C)cc2s1)C1CCCC1. The second kappa shape index (κ2) is 14.0. The Bertz CT molecular complexity index is 1130. The molecule has 1 saturated carbocycles. The minimum Gasteiger partial charge on any atom is -0.359 e. The van der Waals surface area contributed by atoms with Crippen LogP contribution in [0.1, 0.15) is 75.3 Å². The van der Waals surface area contributed by atoms with Crippen LogP contribution in [-0.2, 0) is 20.8 Å². The molecule has 1 fully saturated rings.